The van der Waals surface area contributed by atoms with Crippen LogP contribution in [-0.4, -0.2) is 18.5 Å². The van der Waals surface area contributed by atoms with Crippen LogP contribution < -0.4 is 5.32 Å². The third-order valence-corrected chi connectivity index (χ3v) is 4.86. The highest BCUT2D eigenvalue weighted by molar-refractivity contribution is 7.16. The van der Waals surface area contributed by atoms with Crippen LogP contribution in [0.2, 0.25) is 0 Å². The molecule has 0 radical (unpaired) electrons. The molecule has 0 saturated carbocycles. The van der Waals surface area contributed by atoms with Crippen LogP contribution in [0, 0.1) is 17.2 Å². The average Bonchev–Trinajstić information content (AvgIpc) is 2.81. The predicted octanol–water partition coefficient (Wildman–Crippen LogP) is 3.03. The number of rotatable bonds is 5. The van der Waals surface area contributed by atoms with E-state index >= 15 is 0 Å². The molecule has 0 bridgehead atoms. The Kier molecular flexibility index (Phi) is 5.56. The molecule has 2 rings (SSSR count). The number of esters is 1. The van der Waals surface area contributed by atoms with Crippen molar-refractivity contribution >= 4 is 28.2 Å². The topological polar surface area (TPSA) is 79.2 Å². The highest BCUT2D eigenvalue weighted by Gasteiger charge is 2.24. The molecule has 1 aromatic rings. The van der Waals surface area contributed by atoms with Crippen LogP contribution in [0.4, 0.5) is 5.00 Å². The molecule has 1 heterocycles. The Morgan fingerprint density at radius 2 is 2.27 bits per heavy atom. The van der Waals surface area contributed by atoms with E-state index in [1.807, 2.05) is 6.92 Å². The van der Waals surface area contributed by atoms with Gasteiger partial charge in [0.25, 0.3) is 5.91 Å². The van der Waals surface area contributed by atoms with Crippen molar-refractivity contribution in [2.24, 2.45) is 5.92 Å². The SMILES string of the molecule is CCCC(=O)OCC(=O)Nc1sc2c(c1C#N)CC[C@@H](C)C2. The van der Waals surface area contributed by atoms with E-state index in [4.69, 9.17) is 4.74 Å². The van der Waals surface area contributed by atoms with Crippen LogP contribution in [0.25, 0.3) is 0 Å². The zero-order chi connectivity index (χ0) is 16.1. The van der Waals surface area contributed by atoms with Gasteiger partial charge in [0.15, 0.2) is 6.61 Å². The van der Waals surface area contributed by atoms with Gasteiger partial charge in [0.05, 0.1) is 5.56 Å². The average molecular weight is 320 g/mol. The van der Waals surface area contributed by atoms with E-state index in [2.05, 4.69) is 18.3 Å². The summed E-state index contributed by atoms with van der Waals surface area (Å²) in [6.45, 7) is 3.76. The predicted molar refractivity (Wildman–Crippen MR) is 84.7 cm³/mol. The number of nitriles is 1. The lowest BCUT2D eigenvalue weighted by molar-refractivity contribution is -0.147. The summed E-state index contributed by atoms with van der Waals surface area (Å²) >= 11 is 1.47. The molecule has 1 aliphatic carbocycles. The molecule has 1 atom stereocenters. The van der Waals surface area contributed by atoms with Crippen molar-refractivity contribution in [1.82, 2.24) is 0 Å². The number of anilines is 1. The number of amides is 1. The highest BCUT2D eigenvalue weighted by Crippen LogP contribution is 2.39. The minimum absolute atomic E-state index is 0.303. The van der Waals surface area contributed by atoms with Crippen molar-refractivity contribution in [3.63, 3.8) is 0 Å². The highest BCUT2D eigenvalue weighted by atomic mass is 32.1. The van der Waals surface area contributed by atoms with Gasteiger partial charge in [0, 0.05) is 11.3 Å². The summed E-state index contributed by atoms with van der Waals surface area (Å²) in [5.41, 5.74) is 1.64. The van der Waals surface area contributed by atoms with Gasteiger partial charge >= 0.3 is 5.97 Å². The second-order valence-electron chi connectivity index (χ2n) is 5.63. The minimum atomic E-state index is -0.396. The molecule has 0 aromatic carbocycles. The van der Waals surface area contributed by atoms with Gasteiger partial charge in [-0.2, -0.15) is 5.26 Å². The number of nitrogens with one attached hydrogen (secondary N) is 1. The molecule has 0 fully saturated rings. The third-order valence-electron chi connectivity index (χ3n) is 3.69. The van der Waals surface area contributed by atoms with Gasteiger partial charge in [0.1, 0.15) is 11.1 Å². The zero-order valence-corrected chi connectivity index (χ0v) is 13.7. The Morgan fingerprint density at radius 3 is 2.95 bits per heavy atom. The molecule has 0 unspecified atom stereocenters. The van der Waals surface area contributed by atoms with Crippen molar-refractivity contribution in [3.05, 3.63) is 16.0 Å². The number of hydrogen-bond acceptors (Lipinski definition) is 5. The Morgan fingerprint density at radius 1 is 1.50 bits per heavy atom. The number of nitrogens with zero attached hydrogens (tertiary/aromatic N) is 1. The van der Waals surface area contributed by atoms with Crippen molar-refractivity contribution < 1.29 is 14.3 Å². The molecule has 1 amide bonds. The van der Waals surface area contributed by atoms with Gasteiger partial charge in [0.2, 0.25) is 0 Å². The van der Waals surface area contributed by atoms with Crippen LogP contribution >= 0.6 is 11.3 Å². The van der Waals surface area contributed by atoms with Crippen LogP contribution in [0.3, 0.4) is 0 Å². The molecule has 6 heteroatoms. The van der Waals surface area contributed by atoms with Crippen molar-refractivity contribution in [1.29, 1.82) is 5.26 Å². The summed E-state index contributed by atoms with van der Waals surface area (Å²) in [5, 5.41) is 12.6. The van der Waals surface area contributed by atoms with Gasteiger partial charge in [-0.3, -0.25) is 9.59 Å². The number of hydrogen-bond donors (Lipinski definition) is 1. The van der Waals surface area contributed by atoms with E-state index in [-0.39, 0.29) is 12.6 Å². The summed E-state index contributed by atoms with van der Waals surface area (Å²) in [4.78, 5) is 24.3. The lowest BCUT2D eigenvalue weighted by Crippen LogP contribution is -2.20. The van der Waals surface area contributed by atoms with Gasteiger partial charge in [-0.25, -0.2) is 0 Å². The maximum Gasteiger partial charge on any atom is 0.306 e. The quantitative estimate of drug-likeness (QED) is 0.846. The molecule has 0 spiro atoms. The molecule has 118 valence electrons. The third kappa shape index (κ3) is 3.86. The molecule has 0 aliphatic heterocycles. The van der Waals surface area contributed by atoms with Crippen LogP contribution in [-0.2, 0) is 27.2 Å². The Bertz CT molecular complexity index is 616. The lowest BCUT2D eigenvalue weighted by Gasteiger charge is -2.17. The molecule has 22 heavy (non-hydrogen) atoms. The second-order valence-corrected chi connectivity index (χ2v) is 6.73. The van der Waals surface area contributed by atoms with Gasteiger partial charge in [-0.05, 0) is 37.2 Å². The van der Waals surface area contributed by atoms with Gasteiger partial charge < -0.3 is 10.1 Å². The first-order valence-electron chi connectivity index (χ1n) is 7.55. The summed E-state index contributed by atoms with van der Waals surface area (Å²) in [7, 11) is 0. The van der Waals surface area contributed by atoms with E-state index in [1.54, 1.807) is 0 Å². The summed E-state index contributed by atoms with van der Waals surface area (Å²) < 4.78 is 4.88. The Balaban J connectivity index is 2.02. The number of carbonyl (C=O) groups is 2. The fourth-order valence-electron chi connectivity index (χ4n) is 2.54. The number of fused-ring (bicyclic) bond motifs is 1. The van der Waals surface area contributed by atoms with Crippen LogP contribution in [0.1, 0.15) is 49.1 Å². The van der Waals surface area contributed by atoms with E-state index in [0.29, 0.717) is 29.3 Å². The summed E-state index contributed by atoms with van der Waals surface area (Å²) in [6, 6.07) is 2.20. The molecule has 1 aliphatic rings. The Hall–Kier alpha value is -1.87. The first-order valence-corrected chi connectivity index (χ1v) is 8.36. The largest absolute Gasteiger partial charge is 0.456 e. The molecule has 5 nitrogen and oxygen atoms in total. The van der Waals surface area contributed by atoms with Crippen molar-refractivity contribution in [2.45, 2.75) is 46.0 Å². The number of thiophene rings is 1. The smallest absolute Gasteiger partial charge is 0.306 e. The van der Waals surface area contributed by atoms with Crippen molar-refractivity contribution in [3.8, 4) is 6.07 Å². The van der Waals surface area contributed by atoms with Crippen molar-refractivity contribution in [2.75, 3.05) is 11.9 Å². The first kappa shape index (κ1) is 16.5. The molecular formula is C16H20N2O3S. The monoisotopic (exact) mass is 320 g/mol. The van der Waals surface area contributed by atoms with Gasteiger partial charge in [-0.15, -0.1) is 11.3 Å². The molecule has 1 N–H and O–H groups in total. The first-order chi connectivity index (χ1) is 10.5. The van der Waals surface area contributed by atoms with Crippen LogP contribution in [0.5, 0.6) is 0 Å². The van der Waals surface area contributed by atoms with E-state index < -0.39 is 5.91 Å². The number of ether oxygens (including phenoxy) is 1. The summed E-state index contributed by atoms with van der Waals surface area (Å²) in [6.07, 6.45) is 3.91. The fourth-order valence-corrected chi connectivity index (χ4v) is 3.92. The molecule has 1 aromatic heterocycles. The zero-order valence-electron chi connectivity index (χ0n) is 12.9. The van der Waals surface area contributed by atoms with E-state index in [9.17, 15) is 14.9 Å². The maximum atomic E-state index is 11.9. The van der Waals surface area contributed by atoms with Gasteiger partial charge in [-0.1, -0.05) is 13.8 Å². The van der Waals surface area contributed by atoms with E-state index in [1.165, 1.54) is 16.2 Å². The lowest BCUT2D eigenvalue weighted by atomic mass is 9.89. The maximum absolute atomic E-state index is 11.9. The standard InChI is InChI=1S/C16H20N2O3S/c1-3-4-15(20)21-9-14(19)18-16-12(8-17)11-6-5-10(2)7-13(11)22-16/h10H,3-7,9H2,1-2H3,(H,18,19)/t10-/m1/s1. The minimum Gasteiger partial charge on any atom is -0.456 e. The normalized spacial score (nSPS) is 16.5. The Labute approximate surface area is 134 Å². The summed E-state index contributed by atoms with van der Waals surface area (Å²) in [5.74, 6) is -0.165. The molecular weight excluding hydrogens is 300 g/mol. The van der Waals surface area contributed by atoms with E-state index in [0.717, 1.165) is 24.8 Å². The molecule has 0 saturated heterocycles. The fraction of sp³-hybridized carbons (Fsp3) is 0.562. The second kappa shape index (κ2) is 7.41. The van der Waals surface area contributed by atoms with Crippen LogP contribution in [0.15, 0.2) is 0 Å². The number of carbonyl (C=O) groups excluding carboxylic acids is 2.